The lowest BCUT2D eigenvalue weighted by Gasteiger charge is -2.16. The van der Waals surface area contributed by atoms with Gasteiger partial charge in [0.1, 0.15) is 0 Å². The number of ether oxygens (including phenoxy) is 1. The molecule has 1 heterocycles. The SMILES string of the molecule is C=COC(C)C1CCSC1. The van der Waals surface area contributed by atoms with Gasteiger partial charge in [-0.25, -0.2) is 0 Å². The highest BCUT2D eigenvalue weighted by Crippen LogP contribution is 2.27. The Hall–Kier alpha value is -0.110. The van der Waals surface area contributed by atoms with Gasteiger partial charge in [0.2, 0.25) is 0 Å². The second-order valence-electron chi connectivity index (χ2n) is 2.63. The van der Waals surface area contributed by atoms with E-state index in [1.54, 1.807) is 6.26 Å². The molecule has 2 atom stereocenters. The van der Waals surface area contributed by atoms with Gasteiger partial charge in [-0.05, 0) is 24.9 Å². The molecule has 0 aliphatic carbocycles. The van der Waals surface area contributed by atoms with Crippen molar-refractivity contribution in [1.29, 1.82) is 0 Å². The third-order valence-corrected chi connectivity index (χ3v) is 3.13. The van der Waals surface area contributed by atoms with Crippen LogP contribution in [0.15, 0.2) is 12.8 Å². The minimum absolute atomic E-state index is 0.368. The van der Waals surface area contributed by atoms with Gasteiger partial charge in [-0.15, -0.1) is 0 Å². The third-order valence-electron chi connectivity index (χ3n) is 1.94. The molecule has 0 amide bonds. The van der Waals surface area contributed by atoms with Crippen molar-refractivity contribution in [3.8, 4) is 0 Å². The fourth-order valence-electron chi connectivity index (χ4n) is 1.19. The van der Waals surface area contributed by atoms with Crippen LogP contribution in [-0.4, -0.2) is 17.6 Å². The molecule has 10 heavy (non-hydrogen) atoms. The molecular formula is C8H14OS. The normalized spacial score (nSPS) is 27.9. The van der Waals surface area contributed by atoms with Gasteiger partial charge in [-0.1, -0.05) is 6.58 Å². The molecule has 0 aromatic carbocycles. The van der Waals surface area contributed by atoms with E-state index < -0.39 is 0 Å². The predicted molar refractivity (Wildman–Crippen MR) is 46.2 cm³/mol. The smallest absolute Gasteiger partial charge is 0.0986 e. The summed E-state index contributed by atoms with van der Waals surface area (Å²) in [5.41, 5.74) is 0. The van der Waals surface area contributed by atoms with E-state index in [-0.39, 0.29) is 0 Å². The molecule has 2 heteroatoms. The minimum Gasteiger partial charge on any atom is -0.499 e. The molecule has 0 radical (unpaired) electrons. The van der Waals surface area contributed by atoms with Crippen LogP contribution in [0.3, 0.4) is 0 Å². The molecule has 1 aliphatic rings. The third kappa shape index (κ3) is 1.94. The van der Waals surface area contributed by atoms with Crippen molar-refractivity contribution >= 4 is 11.8 Å². The zero-order valence-corrected chi connectivity index (χ0v) is 7.19. The highest BCUT2D eigenvalue weighted by molar-refractivity contribution is 7.99. The van der Waals surface area contributed by atoms with Crippen molar-refractivity contribution in [2.45, 2.75) is 19.4 Å². The molecule has 1 nitrogen and oxygen atoms in total. The molecule has 2 unspecified atom stereocenters. The molecule has 0 bridgehead atoms. The van der Waals surface area contributed by atoms with Crippen LogP contribution in [0.4, 0.5) is 0 Å². The Bertz CT molecular complexity index is 108. The number of hydrogen-bond donors (Lipinski definition) is 0. The van der Waals surface area contributed by atoms with Crippen molar-refractivity contribution in [3.05, 3.63) is 12.8 Å². The summed E-state index contributed by atoms with van der Waals surface area (Å²) in [7, 11) is 0. The van der Waals surface area contributed by atoms with Crippen molar-refractivity contribution in [2.75, 3.05) is 11.5 Å². The van der Waals surface area contributed by atoms with E-state index in [0.29, 0.717) is 6.10 Å². The molecule has 0 aromatic heterocycles. The first kappa shape index (κ1) is 7.99. The van der Waals surface area contributed by atoms with Crippen LogP contribution in [0.25, 0.3) is 0 Å². The van der Waals surface area contributed by atoms with Crippen LogP contribution in [-0.2, 0) is 4.74 Å². The van der Waals surface area contributed by atoms with Gasteiger partial charge in [0, 0.05) is 5.92 Å². The van der Waals surface area contributed by atoms with Gasteiger partial charge in [-0.3, -0.25) is 0 Å². The van der Waals surface area contributed by atoms with Crippen molar-refractivity contribution < 1.29 is 4.74 Å². The Labute approximate surface area is 66.8 Å². The lowest BCUT2D eigenvalue weighted by Crippen LogP contribution is -2.17. The van der Waals surface area contributed by atoms with Gasteiger partial charge >= 0.3 is 0 Å². The number of thioether (sulfide) groups is 1. The first-order valence-corrected chi connectivity index (χ1v) is 4.84. The first-order valence-electron chi connectivity index (χ1n) is 3.68. The second-order valence-corrected chi connectivity index (χ2v) is 3.78. The van der Waals surface area contributed by atoms with Crippen molar-refractivity contribution in [3.63, 3.8) is 0 Å². The second kappa shape index (κ2) is 3.91. The molecule has 0 spiro atoms. The van der Waals surface area contributed by atoms with Gasteiger partial charge in [-0.2, -0.15) is 11.8 Å². The summed E-state index contributed by atoms with van der Waals surface area (Å²) < 4.78 is 5.28. The van der Waals surface area contributed by atoms with Crippen molar-refractivity contribution in [1.82, 2.24) is 0 Å². The quantitative estimate of drug-likeness (QED) is 0.583. The van der Waals surface area contributed by atoms with Crippen LogP contribution in [0.5, 0.6) is 0 Å². The fourth-order valence-corrected chi connectivity index (χ4v) is 2.56. The summed E-state index contributed by atoms with van der Waals surface area (Å²) in [6.45, 7) is 5.67. The molecule has 0 N–H and O–H groups in total. The lowest BCUT2D eigenvalue weighted by atomic mass is 10.0. The molecule has 0 saturated carbocycles. The highest BCUT2D eigenvalue weighted by atomic mass is 32.2. The Kier molecular flexibility index (Phi) is 3.13. The highest BCUT2D eigenvalue weighted by Gasteiger charge is 2.21. The number of hydrogen-bond acceptors (Lipinski definition) is 2. The summed E-state index contributed by atoms with van der Waals surface area (Å²) in [5, 5.41) is 0. The maximum atomic E-state index is 5.28. The Morgan fingerprint density at radius 3 is 3.10 bits per heavy atom. The summed E-state index contributed by atoms with van der Waals surface area (Å²) >= 11 is 2.02. The average Bonchev–Trinajstić information content (AvgIpc) is 2.38. The molecule has 58 valence electrons. The van der Waals surface area contributed by atoms with E-state index in [2.05, 4.69) is 13.5 Å². The lowest BCUT2D eigenvalue weighted by molar-refractivity contribution is 0.114. The Morgan fingerprint density at radius 1 is 1.80 bits per heavy atom. The zero-order valence-electron chi connectivity index (χ0n) is 6.38. The van der Waals surface area contributed by atoms with E-state index in [1.165, 1.54) is 17.9 Å². The van der Waals surface area contributed by atoms with Crippen LogP contribution in [0, 0.1) is 5.92 Å². The van der Waals surface area contributed by atoms with Gasteiger partial charge in [0.15, 0.2) is 0 Å². The minimum atomic E-state index is 0.368. The molecule has 1 fully saturated rings. The monoisotopic (exact) mass is 158 g/mol. The van der Waals surface area contributed by atoms with E-state index in [1.807, 2.05) is 11.8 Å². The maximum absolute atomic E-state index is 5.28. The van der Waals surface area contributed by atoms with Gasteiger partial charge < -0.3 is 4.74 Å². The molecule has 0 aromatic rings. The van der Waals surface area contributed by atoms with E-state index >= 15 is 0 Å². The maximum Gasteiger partial charge on any atom is 0.0986 e. The van der Waals surface area contributed by atoms with E-state index in [0.717, 1.165) is 5.92 Å². The molecular weight excluding hydrogens is 144 g/mol. The first-order chi connectivity index (χ1) is 4.84. The van der Waals surface area contributed by atoms with Crippen LogP contribution < -0.4 is 0 Å². The van der Waals surface area contributed by atoms with Gasteiger partial charge in [0.25, 0.3) is 0 Å². The van der Waals surface area contributed by atoms with Crippen LogP contribution in [0.2, 0.25) is 0 Å². The van der Waals surface area contributed by atoms with Crippen molar-refractivity contribution in [2.24, 2.45) is 5.92 Å². The number of rotatable bonds is 3. The van der Waals surface area contributed by atoms with Crippen LogP contribution in [0.1, 0.15) is 13.3 Å². The summed E-state index contributed by atoms with van der Waals surface area (Å²) in [4.78, 5) is 0. The Morgan fingerprint density at radius 2 is 2.60 bits per heavy atom. The summed E-state index contributed by atoms with van der Waals surface area (Å²) in [6.07, 6.45) is 3.22. The van der Waals surface area contributed by atoms with Gasteiger partial charge in [0.05, 0.1) is 12.4 Å². The molecule has 1 rings (SSSR count). The molecule has 1 saturated heterocycles. The van der Waals surface area contributed by atoms with Crippen LogP contribution >= 0.6 is 11.8 Å². The Balaban J connectivity index is 2.24. The predicted octanol–water partition coefficient (Wildman–Crippen LogP) is 2.29. The largest absolute Gasteiger partial charge is 0.499 e. The van der Waals surface area contributed by atoms with E-state index in [4.69, 9.17) is 4.74 Å². The molecule has 1 aliphatic heterocycles. The standard InChI is InChI=1S/C8H14OS/c1-3-9-7(2)8-4-5-10-6-8/h3,7-8H,1,4-6H2,2H3. The zero-order chi connectivity index (χ0) is 7.40. The summed E-state index contributed by atoms with van der Waals surface area (Å²) in [6, 6.07) is 0. The summed E-state index contributed by atoms with van der Waals surface area (Å²) in [5.74, 6) is 3.31. The van der Waals surface area contributed by atoms with E-state index in [9.17, 15) is 0 Å². The average molecular weight is 158 g/mol. The topological polar surface area (TPSA) is 9.23 Å². The fraction of sp³-hybridized carbons (Fsp3) is 0.750.